The van der Waals surface area contributed by atoms with Crippen LogP contribution in [0.4, 0.5) is 14.9 Å². The molecule has 1 fully saturated rings. The predicted molar refractivity (Wildman–Crippen MR) is 76.6 cm³/mol. The van der Waals surface area contributed by atoms with E-state index in [-0.39, 0.29) is 5.69 Å². The lowest BCUT2D eigenvalue weighted by Crippen LogP contribution is -2.44. The zero-order valence-electron chi connectivity index (χ0n) is 11.6. The van der Waals surface area contributed by atoms with Crippen LogP contribution in [0.1, 0.15) is 32.1 Å². The topological polar surface area (TPSA) is 78.4 Å². The fourth-order valence-electron chi connectivity index (χ4n) is 2.67. The molecule has 0 bridgehead atoms. The summed E-state index contributed by atoms with van der Waals surface area (Å²) in [6.45, 7) is 0. The van der Waals surface area contributed by atoms with Gasteiger partial charge in [0.2, 0.25) is 0 Å². The number of para-hydroxylation sites is 1. The van der Waals surface area contributed by atoms with Crippen molar-refractivity contribution in [3.05, 3.63) is 30.1 Å². The summed E-state index contributed by atoms with van der Waals surface area (Å²) >= 11 is 0. The Morgan fingerprint density at radius 3 is 2.57 bits per heavy atom. The van der Waals surface area contributed by atoms with Gasteiger partial charge in [0.1, 0.15) is 5.82 Å². The third-order valence-electron chi connectivity index (χ3n) is 3.77. The highest BCUT2D eigenvalue weighted by atomic mass is 19.1. The van der Waals surface area contributed by atoms with Crippen molar-refractivity contribution >= 4 is 17.7 Å². The van der Waals surface area contributed by atoms with Gasteiger partial charge in [-0.05, 0) is 25.0 Å². The molecule has 2 amide bonds. The number of rotatable bonds is 3. The van der Waals surface area contributed by atoms with E-state index in [1.807, 2.05) is 0 Å². The zero-order chi connectivity index (χ0) is 15.2. The molecule has 114 valence electrons. The van der Waals surface area contributed by atoms with Crippen molar-refractivity contribution in [1.29, 1.82) is 0 Å². The number of urea groups is 1. The molecule has 0 aromatic heterocycles. The molecule has 21 heavy (non-hydrogen) atoms. The molecule has 1 aromatic carbocycles. The molecule has 3 N–H and O–H groups in total. The largest absolute Gasteiger partial charge is 0.481 e. The molecule has 1 aliphatic carbocycles. The Balaban J connectivity index is 2.00. The van der Waals surface area contributed by atoms with Crippen LogP contribution in [-0.4, -0.2) is 23.1 Å². The number of halogens is 1. The number of carboxylic acid groups (broad SMARTS) is 1. The van der Waals surface area contributed by atoms with Gasteiger partial charge in [0.05, 0.1) is 11.6 Å². The van der Waals surface area contributed by atoms with Crippen LogP contribution < -0.4 is 10.6 Å². The lowest BCUT2D eigenvalue weighted by molar-refractivity contribution is -0.142. The monoisotopic (exact) mass is 294 g/mol. The van der Waals surface area contributed by atoms with E-state index >= 15 is 0 Å². The molecule has 2 rings (SSSR count). The third-order valence-corrected chi connectivity index (χ3v) is 3.77. The Morgan fingerprint density at radius 1 is 1.14 bits per heavy atom. The van der Waals surface area contributed by atoms with Crippen LogP contribution in [0.25, 0.3) is 0 Å². The molecule has 1 saturated carbocycles. The Bertz CT molecular complexity index is 521. The SMILES string of the molecule is O=C(Nc1ccccc1F)NC1CCCCCC1C(=O)O. The van der Waals surface area contributed by atoms with Crippen molar-refractivity contribution in [1.82, 2.24) is 5.32 Å². The van der Waals surface area contributed by atoms with Crippen molar-refractivity contribution in [2.45, 2.75) is 38.1 Å². The summed E-state index contributed by atoms with van der Waals surface area (Å²) in [6.07, 6.45) is 3.89. The quantitative estimate of drug-likeness (QED) is 0.750. The van der Waals surface area contributed by atoms with Crippen molar-refractivity contribution in [3.8, 4) is 0 Å². The summed E-state index contributed by atoms with van der Waals surface area (Å²) in [5, 5.41) is 14.3. The summed E-state index contributed by atoms with van der Waals surface area (Å²) in [6, 6.07) is 4.86. The van der Waals surface area contributed by atoms with Gasteiger partial charge in [-0.25, -0.2) is 9.18 Å². The lowest BCUT2D eigenvalue weighted by atomic mass is 9.95. The number of carboxylic acids is 1. The highest BCUT2D eigenvalue weighted by Gasteiger charge is 2.30. The molecule has 0 saturated heterocycles. The van der Waals surface area contributed by atoms with Crippen LogP contribution in [0.3, 0.4) is 0 Å². The van der Waals surface area contributed by atoms with E-state index in [9.17, 15) is 19.1 Å². The van der Waals surface area contributed by atoms with Crippen LogP contribution in [0, 0.1) is 11.7 Å². The summed E-state index contributed by atoms with van der Waals surface area (Å²) in [7, 11) is 0. The van der Waals surface area contributed by atoms with Crippen LogP contribution >= 0.6 is 0 Å². The van der Waals surface area contributed by atoms with Crippen LogP contribution in [-0.2, 0) is 4.79 Å². The molecule has 1 aliphatic rings. The first-order valence-electron chi connectivity index (χ1n) is 7.13. The van der Waals surface area contributed by atoms with Crippen LogP contribution in [0.2, 0.25) is 0 Å². The van der Waals surface area contributed by atoms with E-state index in [0.717, 1.165) is 19.3 Å². The van der Waals surface area contributed by atoms with Gasteiger partial charge in [0.15, 0.2) is 0 Å². The minimum absolute atomic E-state index is 0.0792. The average Bonchev–Trinajstić information content (AvgIpc) is 2.67. The van der Waals surface area contributed by atoms with Gasteiger partial charge < -0.3 is 15.7 Å². The summed E-state index contributed by atoms with van der Waals surface area (Å²) in [5.41, 5.74) is 0.0792. The van der Waals surface area contributed by atoms with Crippen molar-refractivity contribution < 1.29 is 19.1 Å². The normalized spacial score (nSPS) is 22.1. The second-order valence-electron chi connectivity index (χ2n) is 5.27. The van der Waals surface area contributed by atoms with E-state index in [4.69, 9.17) is 0 Å². The van der Waals surface area contributed by atoms with Crippen molar-refractivity contribution in [2.75, 3.05) is 5.32 Å². The Hall–Kier alpha value is -2.11. The third kappa shape index (κ3) is 4.18. The number of amides is 2. The fourth-order valence-corrected chi connectivity index (χ4v) is 2.67. The fraction of sp³-hybridized carbons (Fsp3) is 0.467. The first kappa shape index (κ1) is 15.3. The molecule has 0 aliphatic heterocycles. The first-order chi connectivity index (χ1) is 10.1. The van der Waals surface area contributed by atoms with Gasteiger partial charge in [0.25, 0.3) is 0 Å². The van der Waals surface area contributed by atoms with Gasteiger partial charge in [0, 0.05) is 6.04 Å². The maximum Gasteiger partial charge on any atom is 0.319 e. The minimum Gasteiger partial charge on any atom is -0.481 e. The van der Waals surface area contributed by atoms with Gasteiger partial charge >= 0.3 is 12.0 Å². The lowest BCUT2D eigenvalue weighted by Gasteiger charge is -2.23. The Morgan fingerprint density at radius 2 is 1.86 bits per heavy atom. The van der Waals surface area contributed by atoms with Crippen LogP contribution in [0.15, 0.2) is 24.3 Å². The number of hydrogen-bond acceptors (Lipinski definition) is 2. The highest BCUT2D eigenvalue weighted by molar-refractivity contribution is 5.90. The summed E-state index contributed by atoms with van der Waals surface area (Å²) in [5.74, 6) is -2.00. The van der Waals surface area contributed by atoms with E-state index in [1.165, 1.54) is 18.2 Å². The average molecular weight is 294 g/mol. The molecule has 0 heterocycles. The zero-order valence-corrected chi connectivity index (χ0v) is 11.6. The van der Waals surface area contributed by atoms with E-state index in [1.54, 1.807) is 6.07 Å². The number of carbonyl (C=O) groups is 2. The van der Waals surface area contributed by atoms with Gasteiger partial charge in [-0.2, -0.15) is 0 Å². The Labute approximate surface area is 122 Å². The Kier molecular flexibility index (Phi) is 5.14. The number of carbonyl (C=O) groups excluding carboxylic acids is 1. The second kappa shape index (κ2) is 7.06. The summed E-state index contributed by atoms with van der Waals surface area (Å²) in [4.78, 5) is 23.2. The standard InChI is InChI=1S/C15H19FN2O3/c16-11-7-4-5-9-13(11)18-15(21)17-12-8-3-1-2-6-10(12)14(19)20/h4-5,7,9-10,12H,1-3,6,8H2,(H,19,20)(H2,17,18,21). The number of anilines is 1. The molecule has 5 nitrogen and oxygen atoms in total. The van der Waals surface area contributed by atoms with E-state index < -0.39 is 29.8 Å². The number of benzene rings is 1. The summed E-state index contributed by atoms with van der Waals surface area (Å²) < 4.78 is 13.5. The van der Waals surface area contributed by atoms with E-state index in [2.05, 4.69) is 10.6 Å². The molecule has 0 spiro atoms. The van der Waals surface area contributed by atoms with Gasteiger partial charge in [-0.3, -0.25) is 4.79 Å². The second-order valence-corrected chi connectivity index (χ2v) is 5.27. The highest BCUT2D eigenvalue weighted by Crippen LogP contribution is 2.24. The number of hydrogen-bond donors (Lipinski definition) is 3. The number of nitrogens with one attached hydrogen (secondary N) is 2. The van der Waals surface area contributed by atoms with Gasteiger partial charge in [-0.15, -0.1) is 0 Å². The molecule has 6 heteroatoms. The van der Waals surface area contributed by atoms with Crippen LogP contribution in [0.5, 0.6) is 0 Å². The molecule has 2 atom stereocenters. The van der Waals surface area contributed by atoms with Crippen molar-refractivity contribution in [3.63, 3.8) is 0 Å². The molecule has 1 aromatic rings. The maximum absolute atomic E-state index is 13.5. The molecular weight excluding hydrogens is 275 g/mol. The smallest absolute Gasteiger partial charge is 0.319 e. The predicted octanol–water partition coefficient (Wildman–Crippen LogP) is 2.98. The molecule has 2 unspecified atom stereocenters. The number of aliphatic carboxylic acids is 1. The van der Waals surface area contributed by atoms with Gasteiger partial charge in [-0.1, -0.05) is 31.4 Å². The first-order valence-corrected chi connectivity index (χ1v) is 7.13. The minimum atomic E-state index is -0.895. The van der Waals surface area contributed by atoms with E-state index in [0.29, 0.717) is 12.8 Å². The molecule has 0 radical (unpaired) electrons. The molecular formula is C15H19FN2O3. The maximum atomic E-state index is 13.5. The van der Waals surface area contributed by atoms with Crippen molar-refractivity contribution in [2.24, 2.45) is 5.92 Å².